The molecular formula is C10H10F2O2S. The van der Waals surface area contributed by atoms with Crippen LogP contribution in [0.4, 0.5) is 8.78 Å². The van der Waals surface area contributed by atoms with Gasteiger partial charge in [-0.15, -0.1) is 11.8 Å². The molecule has 1 aromatic carbocycles. The second kappa shape index (κ2) is 4.18. The van der Waals surface area contributed by atoms with Crippen molar-refractivity contribution in [1.82, 2.24) is 0 Å². The summed E-state index contributed by atoms with van der Waals surface area (Å²) in [5, 5.41) is 9.00. The van der Waals surface area contributed by atoms with Crippen LogP contribution in [0.2, 0.25) is 0 Å². The standard InChI is InChI=1S/C10H10F2O2S/c1-10(15-2,9(13)14)7-4-3-6(11)5-8(7)12/h3-5H,1-2H3,(H,13,14). The molecule has 0 saturated carbocycles. The van der Waals surface area contributed by atoms with Gasteiger partial charge < -0.3 is 5.11 Å². The monoisotopic (exact) mass is 232 g/mol. The number of carbonyl (C=O) groups is 1. The van der Waals surface area contributed by atoms with Crippen molar-refractivity contribution in [1.29, 1.82) is 0 Å². The first-order chi connectivity index (χ1) is 6.91. The zero-order valence-electron chi connectivity index (χ0n) is 8.25. The van der Waals surface area contributed by atoms with Crippen LogP contribution in [0, 0.1) is 11.6 Å². The van der Waals surface area contributed by atoms with Gasteiger partial charge in [0.05, 0.1) is 0 Å². The molecule has 0 amide bonds. The highest BCUT2D eigenvalue weighted by atomic mass is 32.2. The quantitative estimate of drug-likeness (QED) is 0.870. The van der Waals surface area contributed by atoms with Gasteiger partial charge in [-0.2, -0.15) is 0 Å². The van der Waals surface area contributed by atoms with Gasteiger partial charge in [0.1, 0.15) is 16.4 Å². The van der Waals surface area contributed by atoms with E-state index in [9.17, 15) is 13.6 Å². The van der Waals surface area contributed by atoms with Crippen LogP contribution in [0.3, 0.4) is 0 Å². The molecule has 2 nitrogen and oxygen atoms in total. The topological polar surface area (TPSA) is 37.3 Å². The first-order valence-corrected chi connectivity index (χ1v) is 5.38. The van der Waals surface area contributed by atoms with Gasteiger partial charge in [-0.3, -0.25) is 4.79 Å². The molecular weight excluding hydrogens is 222 g/mol. The molecule has 0 saturated heterocycles. The molecule has 0 spiro atoms. The summed E-state index contributed by atoms with van der Waals surface area (Å²) in [6, 6.07) is 2.90. The Hall–Kier alpha value is -1.10. The number of halogens is 2. The number of aliphatic carboxylic acids is 1. The number of hydrogen-bond acceptors (Lipinski definition) is 2. The maximum absolute atomic E-state index is 13.4. The Morgan fingerprint density at radius 1 is 1.47 bits per heavy atom. The molecule has 0 heterocycles. The Kier molecular flexibility index (Phi) is 3.34. The van der Waals surface area contributed by atoms with Crippen LogP contribution in [0.25, 0.3) is 0 Å². The van der Waals surface area contributed by atoms with Gasteiger partial charge in [-0.25, -0.2) is 8.78 Å². The number of thioether (sulfide) groups is 1. The van der Waals surface area contributed by atoms with Crippen molar-refractivity contribution < 1.29 is 18.7 Å². The molecule has 0 fully saturated rings. The predicted octanol–water partition coefficient (Wildman–Crippen LogP) is 2.63. The Labute approximate surface area is 90.3 Å². The summed E-state index contributed by atoms with van der Waals surface area (Å²) >= 11 is 0.991. The first-order valence-electron chi connectivity index (χ1n) is 4.16. The smallest absolute Gasteiger partial charge is 0.324 e. The van der Waals surface area contributed by atoms with E-state index >= 15 is 0 Å². The summed E-state index contributed by atoms with van der Waals surface area (Å²) in [6.45, 7) is 1.39. The number of benzene rings is 1. The summed E-state index contributed by atoms with van der Waals surface area (Å²) in [5.74, 6) is -2.71. The molecule has 0 radical (unpaired) electrons. The van der Waals surface area contributed by atoms with E-state index in [1.54, 1.807) is 6.26 Å². The van der Waals surface area contributed by atoms with Gasteiger partial charge >= 0.3 is 5.97 Å². The van der Waals surface area contributed by atoms with E-state index in [1.807, 2.05) is 0 Å². The third kappa shape index (κ3) is 2.12. The highest BCUT2D eigenvalue weighted by Crippen LogP contribution is 2.36. The van der Waals surface area contributed by atoms with Crippen LogP contribution in [-0.4, -0.2) is 17.3 Å². The molecule has 0 aromatic heterocycles. The highest BCUT2D eigenvalue weighted by Gasteiger charge is 2.36. The fourth-order valence-corrected chi connectivity index (χ4v) is 1.75. The molecule has 1 rings (SSSR count). The van der Waals surface area contributed by atoms with Crippen LogP contribution in [0.1, 0.15) is 12.5 Å². The molecule has 5 heteroatoms. The molecule has 0 aliphatic rings. The van der Waals surface area contributed by atoms with Gasteiger partial charge in [0.25, 0.3) is 0 Å². The second-order valence-electron chi connectivity index (χ2n) is 3.17. The van der Waals surface area contributed by atoms with Crippen molar-refractivity contribution in [3.63, 3.8) is 0 Å². The molecule has 0 bridgehead atoms. The van der Waals surface area contributed by atoms with Crippen LogP contribution in [0.15, 0.2) is 18.2 Å². The normalized spacial score (nSPS) is 14.7. The van der Waals surface area contributed by atoms with E-state index < -0.39 is 22.4 Å². The molecule has 0 aliphatic heterocycles. The maximum Gasteiger partial charge on any atom is 0.324 e. The Balaban J connectivity index is 3.30. The molecule has 1 unspecified atom stereocenters. The SMILES string of the molecule is CSC(C)(C(=O)O)c1ccc(F)cc1F. The molecule has 1 N–H and O–H groups in total. The highest BCUT2D eigenvalue weighted by molar-refractivity contribution is 8.00. The van der Waals surface area contributed by atoms with Gasteiger partial charge in [-0.05, 0) is 19.2 Å². The average Bonchev–Trinajstić information content (AvgIpc) is 2.16. The van der Waals surface area contributed by atoms with E-state index in [1.165, 1.54) is 6.92 Å². The molecule has 0 aliphatic carbocycles. The minimum Gasteiger partial charge on any atom is -0.480 e. The Morgan fingerprint density at radius 2 is 2.07 bits per heavy atom. The van der Waals surface area contributed by atoms with E-state index in [0.717, 1.165) is 23.9 Å². The molecule has 15 heavy (non-hydrogen) atoms. The van der Waals surface area contributed by atoms with Crippen molar-refractivity contribution in [2.45, 2.75) is 11.7 Å². The first kappa shape index (κ1) is 12.0. The number of carboxylic acids is 1. The minimum atomic E-state index is -1.39. The predicted molar refractivity (Wildman–Crippen MR) is 54.9 cm³/mol. The largest absolute Gasteiger partial charge is 0.480 e. The lowest BCUT2D eigenvalue weighted by Crippen LogP contribution is -2.29. The van der Waals surface area contributed by atoms with Gasteiger partial charge in [0.2, 0.25) is 0 Å². The summed E-state index contributed by atoms with van der Waals surface area (Å²) in [7, 11) is 0. The number of hydrogen-bond donors (Lipinski definition) is 1. The lowest BCUT2D eigenvalue weighted by molar-refractivity contribution is -0.139. The van der Waals surface area contributed by atoms with Crippen molar-refractivity contribution in [3.05, 3.63) is 35.4 Å². The van der Waals surface area contributed by atoms with Gasteiger partial charge in [-0.1, -0.05) is 6.07 Å². The summed E-state index contributed by atoms with van der Waals surface area (Å²) in [6.07, 6.45) is 1.57. The van der Waals surface area contributed by atoms with Crippen LogP contribution in [-0.2, 0) is 9.54 Å². The zero-order chi connectivity index (χ0) is 11.6. The van der Waals surface area contributed by atoms with E-state index in [0.29, 0.717) is 6.07 Å². The van der Waals surface area contributed by atoms with E-state index in [2.05, 4.69) is 0 Å². The van der Waals surface area contributed by atoms with Gasteiger partial charge in [0.15, 0.2) is 0 Å². The van der Waals surface area contributed by atoms with E-state index in [4.69, 9.17) is 5.11 Å². The van der Waals surface area contributed by atoms with Crippen LogP contribution in [0.5, 0.6) is 0 Å². The Morgan fingerprint density at radius 3 is 2.47 bits per heavy atom. The lowest BCUT2D eigenvalue weighted by Gasteiger charge is -2.23. The second-order valence-corrected chi connectivity index (χ2v) is 4.39. The third-order valence-electron chi connectivity index (χ3n) is 2.26. The minimum absolute atomic E-state index is 0.0242. The van der Waals surface area contributed by atoms with Crippen molar-refractivity contribution >= 4 is 17.7 Å². The summed E-state index contributed by atoms with van der Waals surface area (Å²) < 4.78 is 24.6. The number of carboxylic acid groups (broad SMARTS) is 1. The maximum atomic E-state index is 13.4. The fourth-order valence-electron chi connectivity index (χ4n) is 1.19. The lowest BCUT2D eigenvalue weighted by atomic mass is 10.00. The fraction of sp³-hybridized carbons (Fsp3) is 0.300. The van der Waals surface area contributed by atoms with E-state index in [-0.39, 0.29) is 5.56 Å². The average molecular weight is 232 g/mol. The van der Waals surface area contributed by atoms with Gasteiger partial charge in [0, 0.05) is 11.6 Å². The molecule has 82 valence electrons. The van der Waals surface area contributed by atoms with Crippen molar-refractivity contribution in [2.75, 3.05) is 6.26 Å². The molecule has 1 aromatic rings. The van der Waals surface area contributed by atoms with Crippen LogP contribution < -0.4 is 0 Å². The molecule has 1 atom stereocenters. The number of rotatable bonds is 3. The summed E-state index contributed by atoms with van der Waals surface area (Å²) in [5.41, 5.74) is -0.0242. The zero-order valence-corrected chi connectivity index (χ0v) is 9.07. The van der Waals surface area contributed by atoms with Crippen LogP contribution >= 0.6 is 11.8 Å². The summed E-state index contributed by atoms with van der Waals surface area (Å²) in [4.78, 5) is 11.0. The Bertz CT molecular complexity index is 395. The van der Waals surface area contributed by atoms with Crippen molar-refractivity contribution in [2.24, 2.45) is 0 Å². The third-order valence-corrected chi connectivity index (χ3v) is 3.47. The van der Waals surface area contributed by atoms with Crippen molar-refractivity contribution in [3.8, 4) is 0 Å².